The van der Waals surface area contributed by atoms with Gasteiger partial charge in [0.15, 0.2) is 0 Å². The minimum atomic E-state index is -0.255. The Morgan fingerprint density at radius 1 is 1.27 bits per heavy atom. The molecule has 0 aliphatic carbocycles. The Bertz CT molecular complexity index is 488. The second kappa shape index (κ2) is 3.45. The van der Waals surface area contributed by atoms with Crippen molar-refractivity contribution in [2.45, 2.75) is 33.0 Å². The van der Waals surface area contributed by atoms with Gasteiger partial charge in [-0.3, -0.25) is 14.7 Å². The van der Waals surface area contributed by atoms with Crippen LogP contribution in [0.25, 0.3) is 0 Å². The average molecular weight is 210 g/mol. The van der Waals surface area contributed by atoms with Crippen LogP contribution in [0.5, 0.6) is 0 Å². The van der Waals surface area contributed by atoms with Crippen LogP contribution in [0.15, 0.2) is 9.59 Å². The van der Waals surface area contributed by atoms with Crippen molar-refractivity contribution in [2.75, 3.05) is 10.6 Å². The minimum absolute atomic E-state index is 0.0775. The first-order valence-corrected chi connectivity index (χ1v) is 5.03. The molecule has 15 heavy (non-hydrogen) atoms. The maximum Gasteiger partial charge on any atom is 0.290 e. The third-order valence-electron chi connectivity index (χ3n) is 2.34. The van der Waals surface area contributed by atoms with Gasteiger partial charge in [0.2, 0.25) is 0 Å². The van der Waals surface area contributed by atoms with E-state index in [9.17, 15) is 9.59 Å². The third-order valence-corrected chi connectivity index (χ3v) is 2.34. The lowest BCUT2D eigenvalue weighted by Gasteiger charge is -2.05. The summed E-state index contributed by atoms with van der Waals surface area (Å²) < 4.78 is 1.34. The SMILES string of the molecule is CCCn1[nH]c(=O)c2c(c1=O)NC(C)N2. The molecule has 6 heteroatoms. The summed E-state index contributed by atoms with van der Waals surface area (Å²) in [7, 11) is 0. The molecule has 0 saturated heterocycles. The summed E-state index contributed by atoms with van der Waals surface area (Å²) in [6.07, 6.45) is 0.726. The lowest BCUT2D eigenvalue weighted by molar-refractivity contribution is 0.563. The Morgan fingerprint density at radius 2 is 1.93 bits per heavy atom. The van der Waals surface area contributed by atoms with E-state index in [0.29, 0.717) is 17.9 Å². The van der Waals surface area contributed by atoms with E-state index in [1.807, 2.05) is 13.8 Å². The van der Waals surface area contributed by atoms with Crippen molar-refractivity contribution < 1.29 is 0 Å². The van der Waals surface area contributed by atoms with Gasteiger partial charge in [-0.2, -0.15) is 0 Å². The van der Waals surface area contributed by atoms with Crippen molar-refractivity contribution >= 4 is 11.4 Å². The van der Waals surface area contributed by atoms with E-state index >= 15 is 0 Å². The number of rotatable bonds is 2. The van der Waals surface area contributed by atoms with Crippen LogP contribution in [-0.2, 0) is 6.54 Å². The second-order valence-electron chi connectivity index (χ2n) is 3.66. The fourth-order valence-corrected chi connectivity index (χ4v) is 1.71. The Balaban J connectivity index is 2.59. The fourth-order valence-electron chi connectivity index (χ4n) is 1.71. The van der Waals surface area contributed by atoms with Gasteiger partial charge in [-0.1, -0.05) is 6.92 Å². The van der Waals surface area contributed by atoms with Crippen LogP contribution in [-0.4, -0.2) is 15.9 Å². The van der Waals surface area contributed by atoms with E-state index in [1.165, 1.54) is 4.68 Å². The van der Waals surface area contributed by atoms with Crippen LogP contribution in [0.4, 0.5) is 11.4 Å². The number of hydrogen-bond acceptors (Lipinski definition) is 4. The minimum Gasteiger partial charge on any atom is -0.359 e. The van der Waals surface area contributed by atoms with E-state index in [2.05, 4.69) is 15.7 Å². The number of H-pyrrole nitrogens is 1. The molecule has 1 aromatic heterocycles. The van der Waals surface area contributed by atoms with Gasteiger partial charge in [-0.25, -0.2) is 4.68 Å². The van der Waals surface area contributed by atoms with E-state index < -0.39 is 0 Å². The molecule has 6 nitrogen and oxygen atoms in total. The number of fused-ring (bicyclic) bond motifs is 1. The molecule has 0 bridgehead atoms. The molecule has 2 heterocycles. The average Bonchev–Trinajstić information content (AvgIpc) is 2.57. The van der Waals surface area contributed by atoms with Crippen LogP contribution >= 0.6 is 0 Å². The van der Waals surface area contributed by atoms with Crippen LogP contribution in [0.3, 0.4) is 0 Å². The molecule has 3 N–H and O–H groups in total. The Kier molecular flexibility index (Phi) is 2.26. The molecule has 0 fully saturated rings. The predicted molar refractivity (Wildman–Crippen MR) is 58.3 cm³/mol. The zero-order valence-corrected chi connectivity index (χ0v) is 8.76. The monoisotopic (exact) mass is 210 g/mol. The largest absolute Gasteiger partial charge is 0.359 e. The summed E-state index contributed by atoms with van der Waals surface area (Å²) in [4.78, 5) is 23.4. The smallest absolute Gasteiger partial charge is 0.290 e. The molecule has 1 atom stereocenters. The lowest BCUT2D eigenvalue weighted by atomic mass is 10.4. The first kappa shape index (κ1) is 9.82. The molecule has 1 aliphatic rings. The molecule has 0 radical (unpaired) electrons. The van der Waals surface area contributed by atoms with Crippen LogP contribution in [0.1, 0.15) is 20.3 Å². The van der Waals surface area contributed by atoms with Gasteiger partial charge in [-0.15, -0.1) is 0 Å². The van der Waals surface area contributed by atoms with E-state index in [4.69, 9.17) is 0 Å². The van der Waals surface area contributed by atoms with Gasteiger partial charge < -0.3 is 10.6 Å². The van der Waals surface area contributed by atoms with Crippen molar-refractivity contribution in [3.8, 4) is 0 Å². The summed E-state index contributed by atoms with van der Waals surface area (Å²) in [6, 6.07) is 0. The molecule has 82 valence electrons. The Hall–Kier alpha value is -1.72. The Labute approximate surface area is 86.3 Å². The van der Waals surface area contributed by atoms with E-state index in [0.717, 1.165) is 6.42 Å². The number of nitrogens with one attached hydrogen (secondary N) is 3. The highest BCUT2D eigenvalue weighted by molar-refractivity contribution is 5.71. The van der Waals surface area contributed by atoms with Crippen molar-refractivity contribution in [1.82, 2.24) is 9.78 Å². The summed E-state index contributed by atoms with van der Waals surface area (Å²) in [5, 5.41) is 8.39. The molecule has 0 aromatic carbocycles. The fraction of sp³-hybridized carbons (Fsp3) is 0.556. The molecule has 0 spiro atoms. The molecule has 1 unspecified atom stereocenters. The number of hydrogen-bond donors (Lipinski definition) is 3. The topological polar surface area (TPSA) is 78.9 Å². The van der Waals surface area contributed by atoms with E-state index in [-0.39, 0.29) is 17.3 Å². The first-order valence-electron chi connectivity index (χ1n) is 5.03. The normalized spacial score (nSPS) is 18.1. The zero-order valence-electron chi connectivity index (χ0n) is 8.76. The van der Waals surface area contributed by atoms with Crippen molar-refractivity contribution in [3.05, 3.63) is 20.7 Å². The summed E-state index contributed by atoms with van der Waals surface area (Å²) in [5.41, 5.74) is 0.290. The number of aromatic nitrogens is 2. The van der Waals surface area contributed by atoms with Gasteiger partial charge in [0.25, 0.3) is 11.1 Å². The van der Waals surface area contributed by atoms with Gasteiger partial charge >= 0.3 is 0 Å². The highest BCUT2D eigenvalue weighted by Gasteiger charge is 2.23. The van der Waals surface area contributed by atoms with Crippen LogP contribution in [0.2, 0.25) is 0 Å². The standard InChI is InChI=1S/C9H14N4O2/c1-3-4-13-9(15)7-6(8(14)12-13)10-5(2)11-7/h5,10-11H,3-4H2,1-2H3,(H,12,14). The molecule has 0 amide bonds. The second-order valence-corrected chi connectivity index (χ2v) is 3.66. The molecular formula is C9H14N4O2. The maximum absolute atomic E-state index is 11.8. The number of aryl methyl sites for hydroxylation is 1. The molecule has 1 aliphatic heterocycles. The number of anilines is 2. The summed E-state index contributed by atoms with van der Waals surface area (Å²) in [6.45, 7) is 4.33. The number of aromatic amines is 1. The lowest BCUT2D eigenvalue weighted by Crippen LogP contribution is -2.30. The highest BCUT2D eigenvalue weighted by atomic mass is 16.2. The van der Waals surface area contributed by atoms with Gasteiger partial charge in [0.05, 0.1) is 6.17 Å². The van der Waals surface area contributed by atoms with Crippen molar-refractivity contribution in [3.63, 3.8) is 0 Å². The van der Waals surface area contributed by atoms with Crippen LogP contribution in [0, 0.1) is 0 Å². The Morgan fingerprint density at radius 3 is 2.60 bits per heavy atom. The van der Waals surface area contributed by atoms with Gasteiger partial charge in [-0.05, 0) is 13.3 Å². The molecule has 2 rings (SSSR count). The van der Waals surface area contributed by atoms with Crippen LogP contribution < -0.4 is 21.8 Å². The highest BCUT2D eigenvalue weighted by Crippen LogP contribution is 2.19. The number of nitrogens with zero attached hydrogens (tertiary/aromatic N) is 1. The maximum atomic E-state index is 11.8. The van der Waals surface area contributed by atoms with Crippen molar-refractivity contribution in [1.29, 1.82) is 0 Å². The third kappa shape index (κ3) is 1.51. The molecule has 0 saturated carbocycles. The van der Waals surface area contributed by atoms with Gasteiger partial charge in [0, 0.05) is 6.54 Å². The van der Waals surface area contributed by atoms with Crippen molar-refractivity contribution in [2.24, 2.45) is 0 Å². The zero-order chi connectivity index (χ0) is 11.0. The summed E-state index contributed by atoms with van der Waals surface area (Å²) in [5.74, 6) is 0. The first-order chi connectivity index (χ1) is 7.13. The predicted octanol–water partition coefficient (Wildman–Crippen LogP) is 0.130. The molecule has 1 aromatic rings. The quantitative estimate of drug-likeness (QED) is 0.648. The summed E-state index contributed by atoms with van der Waals surface area (Å²) >= 11 is 0. The van der Waals surface area contributed by atoms with E-state index in [1.54, 1.807) is 0 Å². The molecular weight excluding hydrogens is 196 g/mol. The van der Waals surface area contributed by atoms with Gasteiger partial charge in [0.1, 0.15) is 11.4 Å².